The lowest BCUT2D eigenvalue weighted by Crippen LogP contribution is -2.35. The van der Waals surface area contributed by atoms with E-state index in [-0.39, 0.29) is 18.5 Å². The molecule has 0 aliphatic carbocycles. The first-order valence-electron chi connectivity index (χ1n) is 8.03. The van der Waals surface area contributed by atoms with E-state index in [1.807, 2.05) is 6.92 Å². The van der Waals surface area contributed by atoms with Gasteiger partial charge in [-0.2, -0.15) is 4.57 Å². The van der Waals surface area contributed by atoms with Crippen LogP contribution in [0.15, 0.2) is 30.3 Å². The SMILES string of the molecule is CC[n+]1c2cc(F)ccc2nc2c(NC(=O)CCC(=O)O)cc(F)cc21. The van der Waals surface area contributed by atoms with Crippen LogP contribution in [0.1, 0.15) is 19.8 Å². The molecule has 0 spiro atoms. The summed E-state index contributed by atoms with van der Waals surface area (Å²) in [6.07, 6.45) is -0.566. The number of amides is 1. The third-order valence-corrected chi connectivity index (χ3v) is 3.96. The third kappa shape index (κ3) is 3.44. The number of benzene rings is 2. The Hall–Kier alpha value is -3.16. The van der Waals surface area contributed by atoms with Crippen LogP contribution in [-0.4, -0.2) is 22.0 Å². The average molecular weight is 360 g/mol. The minimum Gasteiger partial charge on any atom is -0.481 e. The van der Waals surface area contributed by atoms with Gasteiger partial charge in [-0.05, 0) is 19.1 Å². The van der Waals surface area contributed by atoms with Gasteiger partial charge in [0, 0.05) is 24.6 Å². The zero-order valence-corrected chi connectivity index (χ0v) is 13.9. The molecular weight excluding hydrogens is 344 g/mol. The maximum absolute atomic E-state index is 14.1. The molecule has 0 atom stereocenters. The molecule has 6 nitrogen and oxygen atoms in total. The van der Waals surface area contributed by atoms with Crippen molar-refractivity contribution in [1.82, 2.24) is 4.98 Å². The molecule has 8 heteroatoms. The Bertz CT molecular complexity index is 1040. The number of carboxylic acid groups (broad SMARTS) is 1. The first kappa shape index (κ1) is 17.7. The van der Waals surface area contributed by atoms with Gasteiger partial charge in [0.15, 0.2) is 5.52 Å². The van der Waals surface area contributed by atoms with Crippen LogP contribution in [0.2, 0.25) is 0 Å². The number of anilines is 1. The second kappa shape index (κ2) is 6.99. The summed E-state index contributed by atoms with van der Waals surface area (Å²) in [4.78, 5) is 27.0. The van der Waals surface area contributed by atoms with Crippen LogP contribution < -0.4 is 9.88 Å². The number of hydrogen-bond donors (Lipinski definition) is 2. The van der Waals surface area contributed by atoms with Gasteiger partial charge in [0.05, 0.1) is 12.1 Å². The molecule has 3 rings (SSSR count). The highest BCUT2D eigenvalue weighted by Gasteiger charge is 2.21. The van der Waals surface area contributed by atoms with Crippen LogP contribution in [0.4, 0.5) is 14.5 Å². The molecule has 0 fully saturated rings. The molecule has 0 aliphatic heterocycles. The highest BCUT2D eigenvalue weighted by atomic mass is 19.1. The standard InChI is InChI=1S/C18H15F2N3O3/c1-2-23-14-8-10(19)3-4-12(14)22-18-13(7-11(20)9-15(18)23)21-16(24)5-6-17(25)26/h3-4,7-9H,2,5-6H2,1H3,(H,25,26)/p+1. The molecule has 0 radical (unpaired) electrons. The van der Waals surface area contributed by atoms with Crippen molar-refractivity contribution in [3.05, 3.63) is 42.0 Å². The number of carboxylic acids is 1. The van der Waals surface area contributed by atoms with E-state index in [1.54, 1.807) is 4.57 Å². The van der Waals surface area contributed by atoms with E-state index in [9.17, 15) is 18.4 Å². The normalized spacial score (nSPS) is 11.0. The fourth-order valence-corrected chi connectivity index (χ4v) is 2.83. The van der Waals surface area contributed by atoms with Gasteiger partial charge >= 0.3 is 5.97 Å². The fraction of sp³-hybridized carbons (Fsp3) is 0.222. The van der Waals surface area contributed by atoms with E-state index in [2.05, 4.69) is 10.3 Å². The van der Waals surface area contributed by atoms with Crippen molar-refractivity contribution in [2.24, 2.45) is 0 Å². The molecule has 0 unspecified atom stereocenters. The predicted octanol–water partition coefficient (Wildman–Crippen LogP) is 2.78. The van der Waals surface area contributed by atoms with Crippen molar-refractivity contribution >= 4 is 39.6 Å². The van der Waals surface area contributed by atoms with Gasteiger partial charge in [-0.3, -0.25) is 9.59 Å². The zero-order valence-electron chi connectivity index (χ0n) is 13.9. The van der Waals surface area contributed by atoms with Crippen LogP contribution in [0.5, 0.6) is 0 Å². The van der Waals surface area contributed by atoms with Gasteiger partial charge in [-0.25, -0.2) is 13.8 Å². The number of aryl methyl sites for hydroxylation is 1. The van der Waals surface area contributed by atoms with E-state index in [0.717, 1.165) is 6.07 Å². The van der Waals surface area contributed by atoms with E-state index in [0.29, 0.717) is 28.6 Å². The molecule has 3 aromatic rings. The molecule has 0 bridgehead atoms. The van der Waals surface area contributed by atoms with E-state index in [4.69, 9.17) is 5.11 Å². The first-order valence-corrected chi connectivity index (χ1v) is 8.03. The summed E-state index contributed by atoms with van der Waals surface area (Å²) in [6.45, 7) is 2.27. The van der Waals surface area contributed by atoms with Crippen LogP contribution in [-0.2, 0) is 16.1 Å². The van der Waals surface area contributed by atoms with E-state index < -0.39 is 23.5 Å². The molecule has 0 saturated carbocycles. The summed E-state index contributed by atoms with van der Waals surface area (Å²) in [6, 6.07) is 6.50. The molecule has 1 amide bonds. The Labute approximate surface area is 147 Å². The lowest BCUT2D eigenvalue weighted by molar-refractivity contribution is -0.641. The quantitative estimate of drug-likeness (QED) is 0.541. The lowest BCUT2D eigenvalue weighted by atomic mass is 10.2. The molecular formula is C18H16F2N3O3+. The summed E-state index contributed by atoms with van der Waals surface area (Å²) in [5.41, 5.74) is 1.89. The molecule has 0 aliphatic rings. The highest BCUT2D eigenvalue weighted by Crippen LogP contribution is 2.24. The summed E-state index contributed by atoms with van der Waals surface area (Å²) < 4.78 is 29.4. The molecule has 0 saturated heterocycles. The molecule has 2 N–H and O–H groups in total. The first-order chi connectivity index (χ1) is 12.4. The highest BCUT2D eigenvalue weighted by molar-refractivity contribution is 6.00. The molecule has 1 aromatic heterocycles. The number of fused-ring (bicyclic) bond motifs is 2. The van der Waals surface area contributed by atoms with Crippen molar-refractivity contribution in [2.45, 2.75) is 26.3 Å². The second-order valence-electron chi connectivity index (χ2n) is 5.75. The van der Waals surface area contributed by atoms with Gasteiger partial charge < -0.3 is 10.4 Å². The maximum Gasteiger partial charge on any atom is 0.303 e. The molecule has 2 aromatic carbocycles. The van der Waals surface area contributed by atoms with Crippen LogP contribution in [0.3, 0.4) is 0 Å². The lowest BCUT2D eigenvalue weighted by Gasteiger charge is -2.09. The molecule has 26 heavy (non-hydrogen) atoms. The maximum atomic E-state index is 14.1. The minimum atomic E-state index is -1.10. The predicted molar refractivity (Wildman–Crippen MR) is 90.5 cm³/mol. The van der Waals surface area contributed by atoms with Crippen molar-refractivity contribution < 1.29 is 28.0 Å². The number of aromatic nitrogens is 2. The van der Waals surface area contributed by atoms with Crippen molar-refractivity contribution in [3.8, 4) is 0 Å². The number of nitrogens with zero attached hydrogens (tertiary/aromatic N) is 2. The largest absolute Gasteiger partial charge is 0.481 e. The Morgan fingerprint density at radius 2 is 1.85 bits per heavy atom. The summed E-state index contributed by atoms with van der Waals surface area (Å²) in [5.74, 6) is -2.67. The number of hydrogen-bond acceptors (Lipinski definition) is 3. The van der Waals surface area contributed by atoms with Gasteiger partial charge in [0.25, 0.3) is 0 Å². The van der Waals surface area contributed by atoms with Crippen molar-refractivity contribution in [3.63, 3.8) is 0 Å². The van der Waals surface area contributed by atoms with Gasteiger partial charge in [-0.15, -0.1) is 0 Å². The number of carbonyl (C=O) groups is 2. The summed E-state index contributed by atoms with van der Waals surface area (Å²) in [7, 11) is 0. The fourth-order valence-electron chi connectivity index (χ4n) is 2.83. The number of nitrogens with one attached hydrogen (secondary N) is 1. The monoisotopic (exact) mass is 360 g/mol. The zero-order chi connectivity index (χ0) is 18.8. The Morgan fingerprint density at radius 3 is 2.54 bits per heavy atom. The minimum absolute atomic E-state index is 0.142. The number of halogens is 2. The topological polar surface area (TPSA) is 83.2 Å². The van der Waals surface area contributed by atoms with Crippen LogP contribution >= 0.6 is 0 Å². The van der Waals surface area contributed by atoms with Crippen LogP contribution in [0.25, 0.3) is 22.1 Å². The number of aliphatic carboxylic acids is 1. The van der Waals surface area contributed by atoms with Crippen molar-refractivity contribution in [1.29, 1.82) is 0 Å². The Balaban J connectivity index is 2.16. The van der Waals surface area contributed by atoms with E-state index >= 15 is 0 Å². The number of rotatable bonds is 5. The average Bonchev–Trinajstić information content (AvgIpc) is 2.58. The Kier molecular flexibility index (Phi) is 4.75. The van der Waals surface area contributed by atoms with Gasteiger partial charge in [-0.1, -0.05) is 0 Å². The molecule has 134 valence electrons. The smallest absolute Gasteiger partial charge is 0.303 e. The third-order valence-electron chi connectivity index (χ3n) is 3.96. The van der Waals surface area contributed by atoms with E-state index in [1.165, 1.54) is 24.3 Å². The summed E-state index contributed by atoms with van der Waals surface area (Å²) >= 11 is 0. The summed E-state index contributed by atoms with van der Waals surface area (Å²) in [5, 5.41) is 11.2. The van der Waals surface area contributed by atoms with Gasteiger partial charge in [0.1, 0.15) is 23.7 Å². The van der Waals surface area contributed by atoms with Gasteiger partial charge in [0.2, 0.25) is 16.9 Å². The van der Waals surface area contributed by atoms with Crippen LogP contribution in [0, 0.1) is 11.6 Å². The Morgan fingerprint density at radius 1 is 1.12 bits per heavy atom. The second-order valence-corrected chi connectivity index (χ2v) is 5.75. The number of carbonyl (C=O) groups excluding carboxylic acids is 1. The van der Waals surface area contributed by atoms with Crippen molar-refractivity contribution in [2.75, 3.05) is 5.32 Å². The molecule has 1 heterocycles.